The van der Waals surface area contributed by atoms with Gasteiger partial charge in [0.2, 0.25) is 5.91 Å². The van der Waals surface area contributed by atoms with Crippen molar-refractivity contribution in [3.63, 3.8) is 0 Å². The number of benzene rings is 3. The molecule has 6 nitrogen and oxygen atoms in total. The standard InChI is InChI=1S/C27H23F2N3O3/c1-30-26(34)17-7-3-14-2-6-16-10-18(8-9-19(16)25(33)20(14)11-17)31-23-13-24(22(29)12-21(23)28)32-27(35)15-4-5-15/h3,7-13,15,31H,2,4-6H2,1H3,(H,30,34)(H,32,35). The van der Waals surface area contributed by atoms with Crippen LogP contribution in [0.4, 0.5) is 25.8 Å². The van der Waals surface area contributed by atoms with Gasteiger partial charge in [0.15, 0.2) is 5.78 Å². The summed E-state index contributed by atoms with van der Waals surface area (Å²) < 4.78 is 28.7. The zero-order valence-corrected chi connectivity index (χ0v) is 19.0. The van der Waals surface area contributed by atoms with Crippen LogP contribution in [0, 0.1) is 17.6 Å². The number of ketones is 1. The van der Waals surface area contributed by atoms with Crippen molar-refractivity contribution in [1.82, 2.24) is 5.32 Å². The van der Waals surface area contributed by atoms with Gasteiger partial charge in [-0.2, -0.15) is 0 Å². The molecule has 178 valence electrons. The first kappa shape index (κ1) is 22.7. The van der Waals surface area contributed by atoms with E-state index in [1.807, 2.05) is 0 Å². The fourth-order valence-electron chi connectivity index (χ4n) is 4.28. The molecule has 0 radical (unpaired) electrons. The molecule has 2 amide bonds. The van der Waals surface area contributed by atoms with Crippen LogP contribution in [0.2, 0.25) is 0 Å². The maximum absolute atomic E-state index is 14.5. The maximum atomic E-state index is 14.5. The molecule has 0 atom stereocenters. The maximum Gasteiger partial charge on any atom is 0.251 e. The molecule has 35 heavy (non-hydrogen) atoms. The van der Waals surface area contributed by atoms with Crippen LogP contribution in [0.15, 0.2) is 48.5 Å². The van der Waals surface area contributed by atoms with E-state index in [0.717, 1.165) is 30.0 Å². The van der Waals surface area contributed by atoms with Crippen LogP contribution in [0.3, 0.4) is 0 Å². The summed E-state index contributed by atoms with van der Waals surface area (Å²) in [5.41, 5.74) is 3.51. The number of nitrogens with one attached hydrogen (secondary N) is 3. The molecule has 0 aromatic heterocycles. The van der Waals surface area contributed by atoms with Crippen LogP contribution in [0.5, 0.6) is 0 Å². The summed E-state index contributed by atoms with van der Waals surface area (Å²) in [7, 11) is 1.54. The van der Waals surface area contributed by atoms with Gasteiger partial charge in [0.1, 0.15) is 11.6 Å². The molecule has 8 heteroatoms. The summed E-state index contributed by atoms with van der Waals surface area (Å²) in [4.78, 5) is 37.3. The fourth-order valence-corrected chi connectivity index (χ4v) is 4.28. The Labute approximate surface area is 200 Å². The van der Waals surface area contributed by atoms with Crippen molar-refractivity contribution in [1.29, 1.82) is 0 Å². The number of halogens is 2. The molecule has 1 fully saturated rings. The van der Waals surface area contributed by atoms with Crippen LogP contribution in [0.1, 0.15) is 50.2 Å². The van der Waals surface area contributed by atoms with E-state index in [2.05, 4.69) is 16.0 Å². The van der Waals surface area contributed by atoms with Crippen molar-refractivity contribution in [2.45, 2.75) is 25.7 Å². The first-order valence-corrected chi connectivity index (χ1v) is 11.4. The molecule has 0 saturated heterocycles. The third kappa shape index (κ3) is 4.51. The molecule has 2 aliphatic carbocycles. The molecule has 1 saturated carbocycles. The monoisotopic (exact) mass is 475 g/mol. The van der Waals surface area contributed by atoms with Crippen molar-refractivity contribution in [2.24, 2.45) is 5.92 Å². The minimum absolute atomic E-state index is 0.0101. The highest BCUT2D eigenvalue weighted by Crippen LogP contribution is 2.33. The Bertz CT molecular complexity index is 1380. The van der Waals surface area contributed by atoms with Crippen LogP contribution < -0.4 is 16.0 Å². The highest BCUT2D eigenvalue weighted by Gasteiger charge is 2.30. The Morgan fingerprint density at radius 2 is 1.60 bits per heavy atom. The first-order chi connectivity index (χ1) is 16.8. The summed E-state index contributed by atoms with van der Waals surface area (Å²) in [6.07, 6.45) is 2.72. The molecule has 0 unspecified atom stereocenters. The van der Waals surface area contributed by atoms with E-state index in [1.54, 1.807) is 36.4 Å². The lowest BCUT2D eigenvalue weighted by Gasteiger charge is -2.14. The van der Waals surface area contributed by atoms with Crippen molar-refractivity contribution in [3.05, 3.63) is 88.0 Å². The van der Waals surface area contributed by atoms with Gasteiger partial charge in [-0.1, -0.05) is 6.07 Å². The topological polar surface area (TPSA) is 87.3 Å². The van der Waals surface area contributed by atoms with E-state index in [-0.39, 0.29) is 34.9 Å². The number of amides is 2. The second-order valence-electron chi connectivity index (χ2n) is 8.85. The Hall–Kier alpha value is -4.07. The number of anilines is 3. The number of rotatable bonds is 5. The lowest BCUT2D eigenvalue weighted by atomic mass is 9.96. The van der Waals surface area contributed by atoms with Crippen LogP contribution >= 0.6 is 0 Å². The largest absolute Gasteiger partial charge is 0.355 e. The zero-order valence-electron chi connectivity index (χ0n) is 19.0. The third-order valence-electron chi connectivity index (χ3n) is 6.40. The van der Waals surface area contributed by atoms with Crippen LogP contribution in [0.25, 0.3) is 0 Å². The van der Waals surface area contributed by atoms with Crippen LogP contribution in [-0.2, 0) is 17.6 Å². The van der Waals surface area contributed by atoms with E-state index < -0.39 is 11.6 Å². The number of carbonyl (C=O) groups is 3. The molecule has 3 N–H and O–H groups in total. The van der Waals surface area contributed by atoms with Gasteiger partial charge in [0, 0.05) is 41.4 Å². The van der Waals surface area contributed by atoms with E-state index in [4.69, 9.17) is 0 Å². The number of aryl methyl sites for hydroxylation is 2. The first-order valence-electron chi connectivity index (χ1n) is 11.4. The van der Waals surface area contributed by atoms with Crippen LogP contribution in [-0.4, -0.2) is 24.6 Å². The summed E-state index contributed by atoms with van der Waals surface area (Å²) in [5, 5.41) is 8.02. The normalized spacial score (nSPS) is 14.4. The molecule has 3 aromatic rings. The second-order valence-corrected chi connectivity index (χ2v) is 8.85. The van der Waals surface area contributed by atoms with E-state index >= 15 is 0 Å². The minimum Gasteiger partial charge on any atom is -0.355 e. The average molecular weight is 475 g/mol. The third-order valence-corrected chi connectivity index (χ3v) is 6.40. The van der Waals surface area contributed by atoms with Crippen molar-refractivity contribution in [2.75, 3.05) is 17.7 Å². The smallest absolute Gasteiger partial charge is 0.251 e. The van der Waals surface area contributed by atoms with Gasteiger partial charge >= 0.3 is 0 Å². The predicted molar refractivity (Wildman–Crippen MR) is 128 cm³/mol. The summed E-state index contributed by atoms with van der Waals surface area (Å²) in [6.45, 7) is 0. The molecular formula is C27H23F2N3O3. The Balaban J connectivity index is 1.42. The highest BCUT2D eigenvalue weighted by atomic mass is 19.1. The molecule has 3 aromatic carbocycles. The molecule has 0 heterocycles. The predicted octanol–water partition coefficient (Wildman–Crippen LogP) is 4.75. The summed E-state index contributed by atoms with van der Waals surface area (Å²) >= 11 is 0. The average Bonchev–Trinajstić information content (AvgIpc) is 3.71. The zero-order chi connectivity index (χ0) is 24.7. The van der Waals surface area contributed by atoms with Gasteiger partial charge in [-0.05, 0) is 73.2 Å². The fraction of sp³-hybridized carbons (Fsp3) is 0.222. The lowest BCUT2D eigenvalue weighted by Crippen LogP contribution is -2.18. The second kappa shape index (κ2) is 8.94. The molecule has 2 aliphatic rings. The van der Waals surface area contributed by atoms with E-state index in [9.17, 15) is 23.2 Å². The number of hydrogen-bond acceptors (Lipinski definition) is 4. The molecular weight excluding hydrogens is 452 g/mol. The summed E-state index contributed by atoms with van der Waals surface area (Å²) in [5.74, 6) is -2.48. The van der Waals surface area contributed by atoms with Gasteiger partial charge < -0.3 is 16.0 Å². The van der Waals surface area contributed by atoms with Crippen molar-refractivity contribution in [3.8, 4) is 0 Å². The van der Waals surface area contributed by atoms with Gasteiger partial charge in [0.25, 0.3) is 5.91 Å². The van der Waals surface area contributed by atoms with Crippen molar-refractivity contribution < 1.29 is 23.2 Å². The van der Waals surface area contributed by atoms with Gasteiger partial charge in [-0.15, -0.1) is 0 Å². The van der Waals surface area contributed by atoms with Gasteiger partial charge in [0.05, 0.1) is 11.4 Å². The Morgan fingerprint density at radius 3 is 2.34 bits per heavy atom. The van der Waals surface area contributed by atoms with E-state index in [0.29, 0.717) is 35.2 Å². The van der Waals surface area contributed by atoms with Crippen molar-refractivity contribution >= 4 is 34.7 Å². The number of fused-ring (bicyclic) bond motifs is 2. The lowest BCUT2D eigenvalue weighted by molar-refractivity contribution is -0.117. The minimum atomic E-state index is -0.844. The SMILES string of the molecule is CNC(=O)c1ccc2c(c1)C(=O)c1ccc(Nc3cc(NC(=O)C4CC4)c(F)cc3F)cc1CC2. The highest BCUT2D eigenvalue weighted by molar-refractivity contribution is 6.12. The number of hydrogen-bond donors (Lipinski definition) is 3. The summed E-state index contributed by atoms with van der Waals surface area (Å²) in [6, 6.07) is 12.2. The Kier molecular flexibility index (Phi) is 5.80. The van der Waals surface area contributed by atoms with E-state index in [1.165, 1.54) is 13.1 Å². The molecule has 0 spiro atoms. The molecule has 0 aliphatic heterocycles. The quantitative estimate of drug-likeness (QED) is 0.497. The van der Waals surface area contributed by atoms with Gasteiger partial charge in [-0.3, -0.25) is 14.4 Å². The Morgan fingerprint density at radius 1 is 0.857 bits per heavy atom. The number of carbonyl (C=O) groups excluding carboxylic acids is 3. The van der Waals surface area contributed by atoms with Gasteiger partial charge in [-0.25, -0.2) is 8.78 Å². The molecule has 0 bridgehead atoms. The molecule has 5 rings (SSSR count).